The van der Waals surface area contributed by atoms with Gasteiger partial charge in [-0.15, -0.1) is 0 Å². The first kappa shape index (κ1) is 15.2. The Kier molecular flexibility index (Phi) is 4.97. The van der Waals surface area contributed by atoms with Crippen LogP contribution in [0, 0.1) is 5.92 Å². The van der Waals surface area contributed by atoms with Gasteiger partial charge in [0.15, 0.2) is 0 Å². The molecule has 0 aliphatic rings. The van der Waals surface area contributed by atoms with Gasteiger partial charge in [0.1, 0.15) is 11.6 Å². The maximum atomic E-state index is 5.36. The van der Waals surface area contributed by atoms with Gasteiger partial charge in [-0.2, -0.15) is 0 Å². The van der Waals surface area contributed by atoms with E-state index in [2.05, 4.69) is 42.8 Å². The lowest BCUT2D eigenvalue weighted by atomic mass is 10.1. The average Bonchev–Trinajstić information content (AvgIpc) is 2.43. The van der Waals surface area contributed by atoms with Crippen molar-refractivity contribution in [3.8, 4) is 5.75 Å². The lowest BCUT2D eigenvalue weighted by molar-refractivity contribution is 0.412. The van der Waals surface area contributed by atoms with Gasteiger partial charge in [-0.3, -0.25) is 0 Å². The summed E-state index contributed by atoms with van der Waals surface area (Å²) in [5.74, 6) is 2.42. The Morgan fingerprint density at radius 3 is 2.60 bits per heavy atom. The fourth-order valence-corrected chi connectivity index (χ4v) is 2.71. The molecule has 0 aliphatic heterocycles. The van der Waals surface area contributed by atoms with Crippen LogP contribution in [-0.4, -0.2) is 17.1 Å². The van der Waals surface area contributed by atoms with E-state index in [-0.39, 0.29) is 0 Å². The lowest BCUT2D eigenvalue weighted by Crippen LogP contribution is -2.03. The monoisotopic (exact) mass is 336 g/mol. The van der Waals surface area contributed by atoms with E-state index in [1.54, 1.807) is 7.11 Å². The number of aromatic nitrogens is 2. The van der Waals surface area contributed by atoms with Crippen molar-refractivity contribution in [3.63, 3.8) is 0 Å². The third-order valence-corrected chi connectivity index (χ3v) is 3.99. The van der Waals surface area contributed by atoms with Crippen molar-refractivity contribution in [2.45, 2.75) is 40.0 Å². The van der Waals surface area contributed by atoms with Crippen molar-refractivity contribution in [1.82, 2.24) is 9.97 Å². The molecule has 108 valence electrons. The fraction of sp³-hybridized carbons (Fsp3) is 0.500. The Hall–Kier alpha value is -1.16. The number of halogens is 1. The molecule has 20 heavy (non-hydrogen) atoms. The summed E-state index contributed by atoms with van der Waals surface area (Å²) < 4.78 is 6.30. The zero-order valence-electron chi connectivity index (χ0n) is 12.5. The third kappa shape index (κ3) is 3.29. The van der Waals surface area contributed by atoms with Crippen molar-refractivity contribution >= 4 is 26.8 Å². The highest BCUT2D eigenvalue weighted by molar-refractivity contribution is 9.10. The SMILES string of the molecule is CCc1nc(CCC(C)C)nc2cc(OC)c(Br)cc12. The van der Waals surface area contributed by atoms with Crippen LogP contribution in [0.3, 0.4) is 0 Å². The molecule has 0 atom stereocenters. The molecule has 4 heteroatoms. The largest absolute Gasteiger partial charge is 0.495 e. The maximum Gasteiger partial charge on any atom is 0.135 e. The van der Waals surface area contributed by atoms with Gasteiger partial charge in [0.25, 0.3) is 0 Å². The second-order valence-corrected chi connectivity index (χ2v) is 6.23. The molecule has 2 aromatic rings. The summed E-state index contributed by atoms with van der Waals surface area (Å²) in [6.45, 7) is 6.58. The molecule has 0 bridgehead atoms. The smallest absolute Gasteiger partial charge is 0.135 e. The highest BCUT2D eigenvalue weighted by Gasteiger charge is 2.11. The predicted octanol–water partition coefficient (Wildman–Crippen LogP) is 4.55. The van der Waals surface area contributed by atoms with Crippen LogP contribution in [0.25, 0.3) is 10.9 Å². The molecule has 0 N–H and O–H groups in total. The summed E-state index contributed by atoms with van der Waals surface area (Å²) in [4.78, 5) is 9.41. The van der Waals surface area contributed by atoms with E-state index < -0.39 is 0 Å². The van der Waals surface area contributed by atoms with Crippen LogP contribution >= 0.6 is 15.9 Å². The summed E-state index contributed by atoms with van der Waals surface area (Å²) in [5, 5.41) is 1.11. The molecule has 0 saturated carbocycles. The number of nitrogens with zero attached hydrogens (tertiary/aromatic N) is 2. The van der Waals surface area contributed by atoms with E-state index in [9.17, 15) is 0 Å². The third-order valence-electron chi connectivity index (χ3n) is 3.37. The van der Waals surface area contributed by atoms with Gasteiger partial charge in [-0.25, -0.2) is 9.97 Å². The molecule has 2 rings (SSSR count). The van der Waals surface area contributed by atoms with E-state index in [1.165, 1.54) is 0 Å². The number of aryl methyl sites for hydroxylation is 2. The zero-order chi connectivity index (χ0) is 14.7. The molecular formula is C16H21BrN2O. The highest BCUT2D eigenvalue weighted by Crippen LogP contribution is 2.31. The second-order valence-electron chi connectivity index (χ2n) is 5.38. The Labute approximate surface area is 128 Å². The minimum absolute atomic E-state index is 0.666. The van der Waals surface area contributed by atoms with Crippen molar-refractivity contribution in [1.29, 1.82) is 0 Å². The van der Waals surface area contributed by atoms with Gasteiger partial charge in [-0.05, 0) is 40.8 Å². The van der Waals surface area contributed by atoms with E-state index in [0.717, 1.165) is 51.9 Å². The molecule has 1 aromatic carbocycles. The van der Waals surface area contributed by atoms with Crippen molar-refractivity contribution in [2.24, 2.45) is 5.92 Å². The number of fused-ring (bicyclic) bond motifs is 1. The summed E-state index contributed by atoms with van der Waals surface area (Å²) in [6, 6.07) is 4.04. The van der Waals surface area contributed by atoms with Crippen molar-refractivity contribution < 1.29 is 4.74 Å². The Morgan fingerprint density at radius 1 is 1.25 bits per heavy atom. The van der Waals surface area contributed by atoms with Crippen molar-refractivity contribution in [2.75, 3.05) is 7.11 Å². The van der Waals surface area contributed by atoms with Crippen molar-refractivity contribution in [3.05, 3.63) is 28.1 Å². The molecular weight excluding hydrogens is 316 g/mol. The van der Waals surface area contributed by atoms with Crippen LogP contribution in [-0.2, 0) is 12.8 Å². The predicted molar refractivity (Wildman–Crippen MR) is 86.3 cm³/mol. The number of benzene rings is 1. The fourth-order valence-electron chi connectivity index (χ4n) is 2.20. The van der Waals surface area contributed by atoms with Gasteiger partial charge >= 0.3 is 0 Å². The average molecular weight is 337 g/mol. The van der Waals surface area contributed by atoms with E-state index in [1.807, 2.05) is 6.07 Å². The van der Waals surface area contributed by atoms with Gasteiger partial charge in [0.2, 0.25) is 0 Å². The molecule has 0 radical (unpaired) electrons. The Balaban J connectivity index is 2.50. The Morgan fingerprint density at radius 2 is 2.00 bits per heavy atom. The number of hydrogen-bond donors (Lipinski definition) is 0. The van der Waals surface area contributed by atoms with Gasteiger partial charge in [0.05, 0.1) is 22.8 Å². The molecule has 0 amide bonds. The standard InChI is InChI=1S/C16H21BrN2O/c1-5-13-11-8-12(17)15(20-4)9-14(11)19-16(18-13)7-6-10(2)3/h8-10H,5-7H2,1-4H3. The lowest BCUT2D eigenvalue weighted by Gasteiger charge is -2.11. The first-order chi connectivity index (χ1) is 9.55. The maximum absolute atomic E-state index is 5.36. The topological polar surface area (TPSA) is 35.0 Å². The first-order valence-corrected chi connectivity index (χ1v) is 7.87. The normalized spacial score (nSPS) is 11.3. The second kappa shape index (κ2) is 6.53. The molecule has 3 nitrogen and oxygen atoms in total. The van der Waals surface area contributed by atoms with Gasteiger partial charge in [0, 0.05) is 17.9 Å². The molecule has 0 unspecified atom stereocenters. The minimum atomic E-state index is 0.666. The molecule has 0 spiro atoms. The quantitative estimate of drug-likeness (QED) is 0.803. The molecule has 1 heterocycles. The van der Waals surface area contributed by atoms with Crippen LogP contribution in [0.1, 0.15) is 38.7 Å². The van der Waals surface area contributed by atoms with Gasteiger partial charge in [-0.1, -0.05) is 20.8 Å². The summed E-state index contributed by atoms with van der Waals surface area (Å²) in [5.41, 5.74) is 2.08. The summed E-state index contributed by atoms with van der Waals surface area (Å²) in [6.07, 6.45) is 2.95. The van der Waals surface area contributed by atoms with E-state index >= 15 is 0 Å². The summed E-state index contributed by atoms with van der Waals surface area (Å²) in [7, 11) is 1.67. The number of methoxy groups -OCH3 is 1. The summed E-state index contributed by atoms with van der Waals surface area (Å²) >= 11 is 3.53. The van der Waals surface area contributed by atoms with Crippen LogP contribution in [0.2, 0.25) is 0 Å². The van der Waals surface area contributed by atoms with Crippen LogP contribution in [0.4, 0.5) is 0 Å². The van der Waals surface area contributed by atoms with Crippen LogP contribution < -0.4 is 4.74 Å². The molecule has 0 saturated heterocycles. The number of hydrogen-bond acceptors (Lipinski definition) is 3. The highest BCUT2D eigenvalue weighted by atomic mass is 79.9. The molecule has 0 aliphatic carbocycles. The molecule has 0 fully saturated rings. The van der Waals surface area contributed by atoms with Gasteiger partial charge < -0.3 is 4.74 Å². The van der Waals surface area contributed by atoms with Crippen LogP contribution in [0.5, 0.6) is 5.75 Å². The minimum Gasteiger partial charge on any atom is -0.495 e. The van der Waals surface area contributed by atoms with Crippen LogP contribution in [0.15, 0.2) is 16.6 Å². The number of ether oxygens (including phenoxy) is 1. The number of rotatable bonds is 5. The molecule has 1 aromatic heterocycles. The van der Waals surface area contributed by atoms with E-state index in [4.69, 9.17) is 14.7 Å². The van der Waals surface area contributed by atoms with E-state index in [0.29, 0.717) is 5.92 Å². The first-order valence-electron chi connectivity index (χ1n) is 7.08. The Bertz CT molecular complexity index is 611. The zero-order valence-corrected chi connectivity index (χ0v) is 14.1.